The van der Waals surface area contributed by atoms with E-state index in [4.69, 9.17) is 23.2 Å². The fourth-order valence-electron chi connectivity index (χ4n) is 2.96. The van der Waals surface area contributed by atoms with Crippen LogP contribution >= 0.6 is 23.2 Å². The topological polar surface area (TPSA) is 73.4 Å². The first-order chi connectivity index (χ1) is 9.89. The number of likely N-dealkylation sites (tertiary alicyclic amines) is 1. The van der Waals surface area contributed by atoms with Crippen LogP contribution in [0.25, 0.3) is 0 Å². The quantitative estimate of drug-likeness (QED) is 0.887. The number of carboxylic acids is 1. The summed E-state index contributed by atoms with van der Waals surface area (Å²) in [4.78, 5) is 28.4. The molecule has 2 N–H and O–H groups in total. The number of carbonyl (C=O) groups is 2. The van der Waals surface area contributed by atoms with Crippen LogP contribution in [0, 0.1) is 5.41 Å². The summed E-state index contributed by atoms with van der Waals surface area (Å²) in [5.41, 5.74) is -0.550. The molecule has 1 fully saturated rings. The van der Waals surface area contributed by atoms with Gasteiger partial charge in [-0.2, -0.15) is 0 Å². The first kappa shape index (κ1) is 16.2. The normalized spacial score (nSPS) is 22.3. The predicted molar refractivity (Wildman–Crippen MR) is 80.9 cm³/mol. The van der Waals surface area contributed by atoms with Crippen LogP contribution in [-0.2, 0) is 4.79 Å². The fourth-order valence-corrected chi connectivity index (χ4v) is 3.27. The van der Waals surface area contributed by atoms with Crippen molar-refractivity contribution in [2.24, 2.45) is 5.41 Å². The summed E-state index contributed by atoms with van der Waals surface area (Å²) in [5.74, 6) is -1.09. The molecule has 0 spiro atoms. The molecule has 0 aliphatic carbocycles. The third kappa shape index (κ3) is 3.19. The van der Waals surface area contributed by atoms with Crippen LogP contribution in [-0.4, -0.2) is 40.0 Å². The molecule has 1 amide bonds. The molecule has 116 valence electrons. The standard InChI is InChI=1S/C14H18Cl2N2O3/c1-2-4-14(13(20)21)5-3-6-18(8-14)12(19)10-7-9(15)11(16)17-10/h7,17H,2-6,8H2,1H3,(H,20,21). The van der Waals surface area contributed by atoms with E-state index < -0.39 is 11.4 Å². The van der Waals surface area contributed by atoms with Crippen LogP contribution in [0.4, 0.5) is 0 Å². The molecule has 1 atom stereocenters. The van der Waals surface area contributed by atoms with Crippen LogP contribution in [0.2, 0.25) is 10.2 Å². The third-order valence-corrected chi connectivity index (χ3v) is 4.69. The van der Waals surface area contributed by atoms with Crippen LogP contribution in [0.1, 0.15) is 43.1 Å². The maximum absolute atomic E-state index is 12.5. The number of carbonyl (C=O) groups excluding carboxylic acids is 1. The minimum Gasteiger partial charge on any atom is -0.481 e. The predicted octanol–water partition coefficient (Wildman–Crippen LogP) is 3.43. The summed E-state index contributed by atoms with van der Waals surface area (Å²) in [5, 5.41) is 10.1. The molecule has 1 aromatic heterocycles. The zero-order valence-corrected chi connectivity index (χ0v) is 13.3. The van der Waals surface area contributed by atoms with Gasteiger partial charge in [-0.25, -0.2) is 0 Å². The molecule has 1 aliphatic heterocycles. The summed E-state index contributed by atoms with van der Waals surface area (Å²) in [6.07, 6.45) is 2.62. The maximum atomic E-state index is 12.5. The molecule has 0 aromatic carbocycles. The number of piperidine rings is 1. The number of carboxylic acid groups (broad SMARTS) is 1. The van der Waals surface area contributed by atoms with E-state index in [0.29, 0.717) is 31.5 Å². The minimum atomic E-state index is -0.844. The van der Waals surface area contributed by atoms with Gasteiger partial charge in [0, 0.05) is 13.1 Å². The van der Waals surface area contributed by atoms with E-state index in [9.17, 15) is 14.7 Å². The van der Waals surface area contributed by atoms with Crippen LogP contribution in [0.3, 0.4) is 0 Å². The summed E-state index contributed by atoms with van der Waals surface area (Å²) in [7, 11) is 0. The average Bonchev–Trinajstić information content (AvgIpc) is 2.78. The molecule has 2 heterocycles. The van der Waals surface area contributed by atoms with Gasteiger partial charge in [0.05, 0.1) is 10.4 Å². The van der Waals surface area contributed by atoms with Crippen molar-refractivity contribution in [3.63, 3.8) is 0 Å². The van der Waals surface area contributed by atoms with Crippen molar-refractivity contribution < 1.29 is 14.7 Å². The first-order valence-corrected chi connectivity index (χ1v) is 7.72. The number of hydrogen-bond donors (Lipinski definition) is 2. The number of aromatic amines is 1. The van der Waals surface area contributed by atoms with Crippen LogP contribution in [0.15, 0.2) is 6.07 Å². The molecular formula is C14H18Cl2N2O3. The lowest BCUT2D eigenvalue weighted by molar-refractivity contribution is -0.152. The number of hydrogen-bond acceptors (Lipinski definition) is 2. The molecule has 1 aliphatic rings. The first-order valence-electron chi connectivity index (χ1n) is 6.96. The Hall–Kier alpha value is -1.20. The van der Waals surface area contributed by atoms with Gasteiger partial charge >= 0.3 is 5.97 Å². The van der Waals surface area contributed by atoms with E-state index in [2.05, 4.69) is 4.98 Å². The van der Waals surface area contributed by atoms with E-state index >= 15 is 0 Å². The number of aliphatic carboxylic acids is 1. The van der Waals surface area contributed by atoms with Crippen molar-refractivity contribution in [1.29, 1.82) is 0 Å². The molecule has 1 aromatic rings. The van der Waals surface area contributed by atoms with Crippen molar-refractivity contribution in [2.75, 3.05) is 13.1 Å². The van der Waals surface area contributed by atoms with Crippen LogP contribution < -0.4 is 0 Å². The Morgan fingerprint density at radius 1 is 1.48 bits per heavy atom. The molecule has 21 heavy (non-hydrogen) atoms. The zero-order chi connectivity index (χ0) is 15.6. The number of amides is 1. The third-order valence-electron chi connectivity index (χ3n) is 4.00. The number of rotatable bonds is 4. The highest BCUT2D eigenvalue weighted by atomic mass is 35.5. The van der Waals surface area contributed by atoms with Crippen molar-refractivity contribution in [3.8, 4) is 0 Å². The van der Waals surface area contributed by atoms with Gasteiger partial charge in [0.1, 0.15) is 10.8 Å². The molecule has 1 unspecified atom stereocenters. The van der Waals surface area contributed by atoms with E-state index in [0.717, 1.165) is 6.42 Å². The van der Waals surface area contributed by atoms with Gasteiger partial charge < -0.3 is 15.0 Å². The van der Waals surface area contributed by atoms with Gasteiger partial charge in [0.15, 0.2) is 0 Å². The van der Waals surface area contributed by atoms with E-state index in [1.807, 2.05) is 6.92 Å². The van der Waals surface area contributed by atoms with Gasteiger partial charge in [-0.15, -0.1) is 0 Å². The lowest BCUT2D eigenvalue weighted by Gasteiger charge is -2.39. The summed E-state index contributed by atoms with van der Waals surface area (Å²) < 4.78 is 0. The number of H-pyrrole nitrogens is 1. The van der Waals surface area contributed by atoms with E-state index in [-0.39, 0.29) is 22.6 Å². The SMILES string of the molecule is CCCC1(C(=O)O)CCCN(C(=O)c2cc(Cl)c(Cl)[nH]2)C1. The fraction of sp³-hybridized carbons (Fsp3) is 0.571. The molecule has 0 saturated carbocycles. The summed E-state index contributed by atoms with van der Waals surface area (Å²) in [6.45, 7) is 2.73. The molecule has 5 nitrogen and oxygen atoms in total. The van der Waals surface area contributed by atoms with Crippen molar-refractivity contribution in [3.05, 3.63) is 21.9 Å². The Morgan fingerprint density at radius 2 is 2.19 bits per heavy atom. The average molecular weight is 333 g/mol. The second-order valence-electron chi connectivity index (χ2n) is 5.51. The van der Waals surface area contributed by atoms with E-state index in [1.165, 1.54) is 6.07 Å². The molecular weight excluding hydrogens is 315 g/mol. The Kier molecular flexibility index (Phi) is 4.84. The zero-order valence-electron chi connectivity index (χ0n) is 11.8. The number of nitrogens with one attached hydrogen (secondary N) is 1. The highest BCUT2D eigenvalue weighted by Gasteiger charge is 2.43. The minimum absolute atomic E-state index is 0.218. The Labute approximate surface area is 133 Å². The van der Waals surface area contributed by atoms with Crippen molar-refractivity contribution >= 4 is 35.1 Å². The number of halogens is 2. The largest absolute Gasteiger partial charge is 0.481 e. The molecule has 0 radical (unpaired) electrons. The lowest BCUT2D eigenvalue weighted by Crippen LogP contribution is -2.50. The van der Waals surface area contributed by atoms with Crippen molar-refractivity contribution in [1.82, 2.24) is 9.88 Å². The van der Waals surface area contributed by atoms with Gasteiger partial charge in [-0.05, 0) is 25.3 Å². The van der Waals surface area contributed by atoms with E-state index in [1.54, 1.807) is 4.90 Å². The summed E-state index contributed by atoms with van der Waals surface area (Å²) in [6, 6.07) is 1.48. The van der Waals surface area contributed by atoms with Gasteiger partial charge in [-0.1, -0.05) is 36.5 Å². The van der Waals surface area contributed by atoms with Gasteiger partial charge in [-0.3, -0.25) is 9.59 Å². The second kappa shape index (κ2) is 6.28. The van der Waals surface area contributed by atoms with Gasteiger partial charge in [0.2, 0.25) is 0 Å². The molecule has 1 saturated heterocycles. The lowest BCUT2D eigenvalue weighted by atomic mass is 9.76. The molecule has 2 rings (SSSR count). The Balaban J connectivity index is 2.20. The second-order valence-corrected chi connectivity index (χ2v) is 6.30. The Bertz CT molecular complexity index is 535. The maximum Gasteiger partial charge on any atom is 0.311 e. The molecule has 7 heteroatoms. The number of nitrogens with zero attached hydrogens (tertiary/aromatic N) is 1. The molecule has 0 bridgehead atoms. The number of aromatic nitrogens is 1. The highest BCUT2D eigenvalue weighted by molar-refractivity contribution is 6.41. The smallest absolute Gasteiger partial charge is 0.311 e. The summed E-state index contributed by atoms with van der Waals surface area (Å²) >= 11 is 11.7. The van der Waals surface area contributed by atoms with Crippen molar-refractivity contribution in [2.45, 2.75) is 32.6 Å². The van der Waals surface area contributed by atoms with Crippen LogP contribution in [0.5, 0.6) is 0 Å². The Morgan fingerprint density at radius 3 is 2.71 bits per heavy atom. The monoisotopic (exact) mass is 332 g/mol. The highest BCUT2D eigenvalue weighted by Crippen LogP contribution is 2.36. The van der Waals surface area contributed by atoms with Gasteiger partial charge in [0.25, 0.3) is 5.91 Å².